The Labute approximate surface area is 110 Å². The zero-order valence-electron chi connectivity index (χ0n) is 11.2. The Bertz CT molecular complexity index is 305. The maximum atomic E-state index is 11.9. The molecule has 0 radical (unpaired) electrons. The first-order chi connectivity index (χ1) is 8.77. The third-order valence-electron chi connectivity index (χ3n) is 2.88. The normalized spacial score (nSPS) is 19.0. The summed E-state index contributed by atoms with van der Waals surface area (Å²) in [4.78, 5) is 11.7. The van der Waals surface area contributed by atoms with E-state index in [4.69, 9.17) is 9.47 Å². The number of esters is 1. The molecular formula is C12H20F3NO3. The van der Waals surface area contributed by atoms with Crippen molar-refractivity contribution >= 4 is 5.97 Å². The first-order valence-electron chi connectivity index (χ1n) is 6.27. The highest BCUT2D eigenvalue weighted by Gasteiger charge is 2.39. The lowest BCUT2D eigenvalue weighted by atomic mass is 10.0. The summed E-state index contributed by atoms with van der Waals surface area (Å²) in [6.07, 6.45) is -3.18. The molecule has 1 aliphatic rings. The van der Waals surface area contributed by atoms with Crippen LogP contribution in [0.25, 0.3) is 0 Å². The van der Waals surface area contributed by atoms with Crippen molar-refractivity contribution in [2.75, 3.05) is 20.3 Å². The van der Waals surface area contributed by atoms with Crippen LogP contribution in [0.15, 0.2) is 0 Å². The van der Waals surface area contributed by atoms with E-state index in [1.54, 1.807) is 6.92 Å². The van der Waals surface area contributed by atoms with Crippen molar-refractivity contribution in [3.63, 3.8) is 0 Å². The number of methoxy groups -OCH3 is 1. The summed E-state index contributed by atoms with van der Waals surface area (Å²) >= 11 is 0. The van der Waals surface area contributed by atoms with E-state index < -0.39 is 24.1 Å². The fourth-order valence-electron chi connectivity index (χ4n) is 1.71. The summed E-state index contributed by atoms with van der Waals surface area (Å²) in [6, 6.07) is 0.267. The van der Waals surface area contributed by atoms with Crippen molar-refractivity contribution in [2.24, 2.45) is 0 Å². The SMILES string of the molecule is COC(=O)C(C)(COCCCC(F)(F)F)NC1CC1. The maximum Gasteiger partial charge on any atom is 0.389 e. The van der Waals surface area contributed by atoms with Gasteiger partial charge in [0.15, 0.2) is 0 Å². The smallest absolute Gasteiger partial charge is 0.389 e. The number of nitrogens with one attached hydrogen (secondary N) is 1. The molecule has 0 aliphatic heterocycles. The highest BCUT2D eigenvalue weighted by molar-refractivity contribution is 5.80. The van der Waals surface area contributed by atoms with E-state index in [2.05, 4.69) is 5.32 Å². The number of hydrogen-bond acceptors (Lipinski definition) is 4. The Kier molecular flexibility index (Phi) is 5.61. The predicted molar refractivity (Wildman–Crippen MR) is 62.7 cm³/mol. The molecule has 7 heteroatoms. The number of carbonyl (C=O) groups is 1. The van der Waals surface area contributed by atoms with Crippen LogP contribution in [0, 0.1) is 0 Å². The Hall–Kier alpha value is -0.820. The predicted octanol–water partition coefficient (Wildman–Crippen LogP) is 2.03. The molecule has 1 unspecified atom stereocenters. The molecule has 1 aliphatic carbocycles. The van der Waals surface area contributed by atoms with Gasteiger partial charge in [0.2, 0.25) is 0 Å². The molecule has 1 rings (SSSR count). The summed E-state index contributed by atoms with van der Waals surface area (Å²) < 4.78 is 45.7. The third-order valence-corrected chi connectivity index (χ3v) is 2.88. The van der Waals surface area contributed by atoms with E-state index in [1.165, 1.54) is 7.11 Å². The van der Waals surface area contributed by atoms with Gasteiger partial charge in [-0.25, -0.2) is 4.79 Å². The Morgan fingerprint density at radius 1 is 1.37 bits per heavy atom. The molecular weight excluding hydrogens is 263 g/mol. The van der Waals surface area contributed by atoms with E-state index in [9.17, 15) is 18.0 Å². The molecule has 0 aromatic rings. The van der Waals surface area contributed by atoms with Crippen molar-refractivity contribution < 1.29 is 27.4 Å². The summed E-state index contributed by atoms with van der Waals surface area (Å²) in [7, 11) is 1.28. The van der Waals surface area contributed by atoms with E-state index >= 15 is 0 Å². The van der Waals surface area contributed by atoms with Gasteiger partial charge in [-0.2, -0.15) is 13.2 Å². The minimum Gasteiger partial charge on any atom is -0.468 e. The lowest BCUT2D eigenvalue weighted by Gasteiger charge is -2.27. The summed E-state index contributed by atoms with van der Waals surface area (Å²) in [5.74, 6) is -0.463. The quantitative estimate of drug-likeness (QED) is 0.547. The number of carbonyl (C=O) groups excluding carboxylic acids is 1. The summed E-state index contributed by atoms with van der Waals surface area (Å²) in [5.41, 5.74) is -0.992. The van der Waals surface area contributed by atoms with Crippen molar-refractivity contribution in [3.8, 4) is 0 Å². The van der Waals surface area contributed by atoms with Gasteiger partial charge in [-0.1, -0.05) is 0 Å². The number of rotatable bonds is 8. The molecule has 1 saturated carbocycles. The van der Waals surface area contributed by atoms with E-state index in [0.717, 1.165) is 12.8 Å². The van der Waals surface area contributed by atoms with Crippen LogP contribution in [0.1, 0.15) is 32.6 Å². The molecule has 19 heavy (non-hydrogen) atoms. The number of alkyl halides is 3. The molecule has 4 nitrogen and oxygen atoms in total. The van der Waals surface area contributed by atoms with Gasteiger partial charge < -0.3 is 9.47 Å². The fourth-order valence-corrected chi connectivity index (χ4v) is 1.71. The fraction of sp³-hybridized carbons (Fsp3) is 0.917. The van der Waals surface area contributed by atoms with Crippen LogP contribution in [0.2, 0.25) is 0 Å². The van der Waals surface area contributed by atoms with Gasteiger partial charge in [0.25, 0.3) is 0 Å². The number of ether oxygens (including phenoxy) is 2. The lowest BCUT2D eigenvalue weighted by Crippen LogP contribution is -2.54. The van der Waals surface area contributed by atoms with Gasteiger partial charge in [-0.15, -0.1) is 0 Å². The van der Waals surface area contributed by atoms with Crippen LogP contribution in [0.3, 0.4) is 0 Å². The van der Waals surface area contributed by atoms with E-state index in [-0.39, 0.29) is 25.7 Å². The largest absolute Gasteiger partial charge is 0.468 e. The van der Waals surface area contributed by atoms with Crippen LogP contribution in [0.5, 0.6) is 0 Å². The molecule has 0 aromatic heterocycles. The monoisotopic (exact) mass is 283 g/mol. The third kappa shape index (κ3) is 6.24. The molecule has 0 saturated heterocycles. The summed E-state index contributed by atoms with van der Waals surface area (Å²) in [5, 5.41) is 3.10. The molecule has 1 N–H and O–H groups in total. The Morgan fingerprint density at radius 3 is 2.47 bits per heavy atom. The molecule has 0 aromatic carbocycles. The second-order valence-corrected chi connectivity index (χ2v) is 5.01. The minimum absolute atomic E-state index is 0.00797. The van der Waals surface area contributed by atoms with Gasteiger partial charge in [0.05, 0.1) is 13.7 Å². The highest BCUT2D eigenvalue weighted by Crippen LogP contribution is 2.24. The van der Waals surface area contributed by atoms with Gasteiger partial charge in [0, 0.05) is 19.1 Å². The van der Waals surface area contributed by atoms with Crippen LogP contribution in [-0.4, -0.2) is 44.0 Å². The van der Waals surface area contributed by atoms with Crippen LogP contribution < -0.4 is 5.32 Å². The first-order valence-corrected chi connectivity index (χ1v) is 6.27. The van der Waals surface area contributed by atoms with Gasteiger partial charge in [-0.05, 0) is 26.2 Å². The molecule has 0 bridgehead atoms. The average molecular weight is 283 g/mol. The van der Waals surface area contributed by atoms with Crippen molar-refractivity contribution in [1.82, 2.24) is 5.32 Å². The lowest BCUT2D eigenvalue weighted by molar-refractivity contribution is -0.152. The zero-order chi connectivity index (χ0) is 14.5. The molecule has 1 fully saturated rings. The topological polar surface area (TPSA) is 47.6 Å². The van der Waals surface area contributed by atoms with Gasteiger partial charge >= 0.3 is 12.1 Å². The molecule has 0 heterocycles. The standard InChI is InChI=1S/C12H20F3NO3/c1-11(10(17)18-2,16-9-4-5-9)8-19-7-3-6-12(13,14)15/h9,16H,3-8H2,1-2H3. The van der Waals surface area contributed by atoms with Crippen molar-refractivity contribution in [2.45, 2.75) is 50.4 Å². The number of hydrogen-bond donors (Lipinski definition) is 1. The molecule has 0 amide bonds. The maximum absolute atomic E-state index is 11.9. The Balaban J connectivity index is 2.30. The summed E-state index contributed by atoms with van der Waals surface area (Å²) in [6.45, 7) is 1.62. The minimum atomic E-state index is -4.17. The molecule has 0 spiro atoms. The first kappa shape index (κ1) is 16.2. The van der Waals surface area contributed by atoms with Gasteiger partial charge in [-0.3, -0.25) is 5.32 Å². The van der Waals surface area contributed by atoms with E-state index in [1.807, 2.05) is 0 Å². The van der Waals surface area contributed by atoms with Gasteiger partial charge in [0.1, 0.15) is 5.54 Å². The van der Waals surface area contributed by atoms with Crippen molar-refractivity contribution in [1.29, 1.82) is 0 Å². The average Bonchev–Trinajstić information content (AvgIpc) is 3.09. The second-order valence-electron chi connectivity index (χ2n) is 5.01. The zero-order valence-corrected chi connectivity index (χ0v) is 11.2. The second kappa shape index (κ2) is 6.56. The molecule has 1 atom stereocenters. The van der Waals surface area contributed by atoms with E-state index in [0.29, 0.717) is 0 Å². The number of halogens is 3. The molecule has 112 valence electrons. The van der Waals surface area contributed by atoms with Crippen molar-refractivity contribution in [3.05, 3.63) is 0 Å². The van der Waals surface area contributed by atoms with Crippen LogP contribution >= 0.6 is 0 Å². The Morgan fingerprint density at radius 2 is 2.00 bits per heavy atom. The van der Waals surface area contributed by atoms with Crippen LogP contribution in [0.4, 0.5) is 13.2 Å². The van der Waals surface area contributed by atoms with Crippen LogP contribution in [-0.2, 0) is 14.3 Å². The highest BCUT2D eigenvalue weighted by atomic mass is 19.4.